The summed E-state index contributed by atoms with van der Waals surface area (Å²) in [5.74, 6) is -0.433. The predicted octanol–water partition coefficient (Wildman–Crippen LogP) is 4.51. The largest absolute Gasteiger partial charge is 0.332 e. The third-order valence-corrected chi connectivity index (χ3v) is 4.79. The van der Waals surface area contributed by atoms with E-state index >= 15 is 0 Å². The van der Waals surface area contributed by atoms with E-state index in [0.29, 0.717) is 27.0 Å². The molecule has 0 spiro atoms. The van der Waals surface area contributed by atoms with Crippen LogP contribution in [0.4, 0.5) is 11.4 Å². The van der Waals surface area contributed by atoms with Crippen LogP contribution in [-0.4, -0.2) is 30.3 Å². The van der Waals surface area contributed by atoms with E-state index in [1.807, 2.05) is 0 Å². The van der Waals surface area contributed by atoms with E-state index in [9.17, 15) is 9.59 Å². The van der Waals surface area contributed by atoms with Crippen molar-refractivity contribution in [1.29, 1.82) is 0 Å². The zero-order chi connectivity index (χ0) is 16.7. The summed E-state index contributed by atoms with van der Waals surface area (Å²) in [4.78, 5) is 28.1. The van der Waals surface area contributed by atoms with E-state index in [-0.39, 0.29) is 18.4 Å². The molecular formula is C16H11BrCl2N2O2. The summed E-state index contributed by atoms with van der Waals surface area (Å²) in [5.41, 5.74) is 1.53. The van der Waals surface area contributed by atoms with Crippen LogP contribution in [0.3, 0.4) is 0 Å². The van der Waals surface area contributed by atoms with Crippen LogP contribution < -0.4 is 4.90 Å². The lowest BCUT2D eigenvalue weighted by molar-refractivity contribution is -0.118. The Kier molecular flexibility index (Phi) is 4.36. The van der Waals surface area contributed by atoms with Crippen molar-refractivity contribution in [3.63, 3.8) is 0 Å². The molecule has 7 heteroatoms. The summed E-state index contributed by atoms with van der Waals surface area (Å²) >= 11 is 15.4. The number of likely N-dealkylation sites (N-methyl/N-ethyl adjacent to an activating group) is 1. The van der Waals surface area contributed by atoms with Gasteiger partial charge in [-0.1, -0.05) is 39.1 Å². The number of hydrogen-bond acceptors (Lipinski definition) is 2. The molecule has 0 fully saturated rings. The van der Waals surface area contributed by atoms with Crippen molar-refractivity contribution in [2.75, 3.05) is 18.5 Å². The molecule has 2 aromatic rings. The van der Waals surface area contributed by atoms with Gasteiger partial charge in [-0.3, -0.25) is 14.5 Å². The Hall–Kier alpha value is -1.56. The number of hydrogen-bond donors (Lipinski definition) is 0. The first-order chi connectivity index (χ1) is 10.9. The monoisotopic (exact) mass is 412 g/mol. The molecule has 2 aromatic carbocycles. The number of rotatable bonds is 1. The SMILES string of the molecule is CN1CC(=O)N(c2ccc(Cl)c(Cl)c2)c2ccc(Br)cc2C1=O. The van der Waals surface area contributed by atoms with Gasteiger partial charge < -0.3 is 4.90 Å². The first-order valence-electron chi connectivity index (χ1n) is 6.71. The van der Waals surface area contributed by atoms with E-state index in [0.717, 1.165) is 4.47 Å². The van der Waals surface area contributed by atoms with E-state index in [1.165, 1.54) is 9.80 Å². The van der Waals surface area contributed by atoms with Gasteiger partial charge in [-0.15, -0.1) is 0 Å². The van der Waals surface area contributed by atoms with Crippen molar-refractivity contribution in [3.8, 4) is 0 Å². The van der Waals surface area contributed by atoms with Crippen LogP contribution >= 0.6 is 39.1 Å². The van der Waals surface area contributed by atoms with Crippen molar-refractivity contribution in [2.24, 2.45) is 0 Å². The minimum absolute atomic E-state index is 0.0224. The van der Waals surface area contributed by atoms with Gasteiger partial charge >= 0.3 is 0 Å². The van der Waals surface area contributed by atoms with Gasteiger partial charge in [0.25, 0.3) is 11.8 Å². The number of benzene rings is 2. The topological polar surface area (TPSA) is 40.6 Å². The van der Waals surface area contributed by atoms with E-state index < -0.39 is 0 Å². The molecule has 0 bridgehead atoms. The van der Waals surface area contributed by atoms with Gasteiger partial charge in [-0.05, 0) is 36.4 Å². The number of carbonyl (C=O) groups excluding carboxylic acids is 2. The molecule has 0 saturated carbocycles. The lowest BCUT2D eigenvalue weighted by atomic mass is 10.1. The fourth-order valence-electron chi connectivity index (χ4n) is 2.47. The zero-order valence-corrected chi connectivity index (χ0v) is 15.1. The third kappa shape index (κ3) is 2.96. The standard InChI is InChI=1S/C16H11BrCl2N2O2/c1-20-8-15(22)21(10-3-4-12(18)13(19)7-10)14-5-2-9(17)6-11(14)16(20)23/h2-7H,8H2,1H3. The van der Waals surface area contributed by atoms with Crippen LogP contribution in [0.1, 0.15) is 10.4 Å². The fraction of sp³-hybridized carbons (Fsp3) is 0.125. The van der Waals surface area contributed by atoms with Crippen LogP contribution in [0.25, 0.3) is 0 Å². The number of anilines is 2. The van der Waals surface area contributed by atoms with Gasteiger partial charge in [0.2, 0.25) is 0 Å². The second-order valence-electron chi connectivity index (χ2n) is 5.15. The molecule has 0 aliphatic carbocycles. The number of amides is 2. The molecule has 0 N–H and O–H groups in total. The molecule has 3 rings (SSSR count). The molecule has 0 unspecified atom stereocenters. The maximum atomic E-state index is 12.7. The summed E-state index contributed by atoms with van der Waals surface area (Å²) in [5, 5.41) is 0.751. The van der Waals surface area contributed by atoms with Gasteiger partial charge in [-0.2, -0.15) is 0 Å². The minimum Gasteiger partial charge on any atom is -0.332 e. The molecular weight excluding hydrogens is 403 g/mol. The smallest absolute Gasteiger partial charge is 0.256 e. The Labute approximate surface area is 151 Å². The highest BCUT2D eigenvalue weighted by molar-refractivity contribution is 9.10. The maximum absolute atomic E-state index is 12.7. The molecule has 0 atom stereocenters. The Balaban J connectivity index is 2.22. The first kappa shape index (κ1) is 16.3. The molecule has 1 aliphatic heterocycles. The van der Waals surface area contributed by atoms with Crippen molar-refractivity contribution < 1.29 is 9.59 Å². The van der Waals surface area contributed by atoms with Gasteiger partial charge in [0.1, 0.15) is 6.54 Å². The summed E-state index contributed by atoms with van der Waals surface area (Å²) in [7, 11) is 1.60. The fourth-order valence-corrected chi connectivity index (χ4v) is 3.12. The normalized spacial score (nSPS) is 14.8. The van der Waals surface area contributed by atoms with E-state index in [1.54, 1.807) is 43.4 Å². The summed E-state index contributed by atoms with van der Waals surface area (Å²) < 4.78 is 0.765. The van der Waals surface area contributed by atoms with Crippen molar-refractivity contribution >= 4 is 62.3 Å². The average molecular weight is 414 g/mol. The Morgan fingerprint density at radius 2 is 1.78 bits per heavy atom. The van der Waals surface area contributed by atoms with Crippen LogP contribution in [0.2, 0.25) is 10.0 Å². The van der Waals surface area contributed by atoms with Crippen molar-refractivity contribution in [1.82, 2.24) is 4.90 Å². The maximum Gasteiger partial charge on any atom is 0.256 e. The second kappa shape index (κ2) is 6.15. The number of fused-ring (bicyclic) bond motifs is 1. The van der Waals surface area contributed by atoms with Gasteiger partial charge in [0.05, 0.1) is 27.0 Å². The van der Waals surface area contributed by atoms with Crippen molar-refractivity contribution in [2.45, 2.75) is 0 Å². The lowest BCUT2D eigenvalue weighted by Gasteiger charge is -2.23. The lowest BCUT2D eigenvalue weighted by Crippen LogP contribution is -2.34. The van der Waals surface area contributed by atoms with Crippen LogP contribution in [0.15, 0.2) is 40.9 Å². The highest BCUT2D eigenvalue weighted by Crippen LogP contribution is 2.36. The van der Waals surface area contributed by atoms with E-state index in [2.05, 4.69) is 15.9 Å². The molecule has 0 aromatic heterocycles. The number of nitrogens with zero attached hydrogens (tertiary/aromatic N) is 2. The van der Waals surface area contributed by atoms with Gasteiger partial charge in [0.15, 0.2) is 0 Å². The second-order valence-corrected chi connectivity index (χ2v) is 6.88. The molecule has 0 radical (unpaired) electrons. The molecule has 2 amide bonds. The molecule has 4 nitrogen and oxygen atoms in total. The highest BCUT2D eigenvalue weighted by atomic mass is 79.9. The summed E-state index contributed by atoms with van der Waals surface area (Å²) in [6.45, 7) is -0.0224. The third-order valence-electron chi connectivity index (χ3n) is 3.56. The van der Waals surface area contributed by atoms with Crippen LogP contribution in [0.5, 0.6) is 0 Å². The number of carbonyl (C=O) groups is 2. The predicted molar refractivity (Wildman–Crippen MR) is 94.7 cm³/mol. The van der Waals surface area contributed by atoms with Gasteiger partial charge in [-0.25, -0.2) is 0 Å². The Bertz CT molecular complexity index is 826. The number of halogens is 3. The van der Waals surface area contributed by atoms with Crippen LogP contribution in [-0.2, 0) is 4.79 Å². The molecule has 118 valence electrons. The van der Waals surface area contributed by atoms with E-state index in [4.69, 9.17) is 23.2 Å². The van der Waals surface area contributed by atoms with Crippen molar-refractivity contribution in [3.05, 3.63) is 56.5 Å². The molecule has 23 heavy (non-hydrogen) atoms. The van der Waals surface area contributed by atoms with Gasteiger partial charge in [0, 0.05) is 11.5 Å². The first-order valence-corrected chi connectivity index (χ1v) is 8.26. The minimum atomic E-state index is -0.222. The highest BCUT2D eigenvalue weighted by Gasteiger charge is 2.31. The quantitative estimate of drug-likeness (QED) is 0.690. The summed E-state index contributed by atoms with van der Waals surface area (Å²) in [6.07, 6.45) is 0. The molecule has 1 aliphatic rings. The zero-order valence-electron chi connectivity index (χ0n) is 12.0. The Morgan fingerprint density at radius 3 is 2.48 bits per heavy atom. The summed E-state index contributed by atoms with van der Waals surface area (Å²) in [6, 6.07) is 10.2. The Morgan fingerprint density at radius 1 is 1.04 bits per heavy atom. The molecule has 1 heterocycles. The molecule has 0 saturated heterocycles. The average Bonchev–Trinajstić information content (AvgIpc) is 2.59. The van der Waals surface area contributed by atoms with Crippen LogP contribution in [0, 0.1) is 0 Å².